The summed E-state index contributed by atoms with van der Waals surface area (Å²) < 4.78 is 2.31. The van der Waals surface area contributed by atoms with E-state index in [0.717, 1.165) is 55.1 Å². The molecule has 98 valence electrons. The smallest absolute Gasteiger partial charge is 0.109 e. The molecule has 1 aromatic heterocycles. The Kier molecular flexibility index (Phi) is 4.61. The molecule has 0 atom stereocenters. The molecule has 0 bridgehead atoms. The zero-order valence-corrected chi connectivity index (χ0v) is 11.6. The van der Waals surface area contributed by atoms with E-state index in [9.17, 15) is 0 Å². The first-order valence-corrected chi connectivity index (χ1v) is 6.98. The average molecular weight is 266 g/mol. The summed E-state index contributed by atoms with van der Waals surface area (Å²) in [4.78, 5) is 4.70. The first-order valence-electron chi connectivity index (χ1n) is 6.61. The Labute approximate surface area is 113 Å². The number of imidazole rings is 1. The van der Waals surface area contributed by atoms with Gasteiger partial charge in [0.2, 0.25) is 0 Å². The largest absolute Gasteiger partial charge is 0.330 e. The Morgan fingerprint density at radius 2 is 2.17 bits per heavy atom. The molecule has 2 rings (SSSR count). The van der Waals surface area contributed by atoms with Gasteiger partial charge < -0.3 is 10.3 Å². The molecule has 2 aromatic rings. The zero-order valence-electron chi connectivity index (χ0n) is 10.8. The lowest BCUT2D eigenvalue weighted by molar-refractivity contribution is 0.627. The summed E-state index contributed by atoms with van der Waals surface area (Å²) >= 11 is 6.02. The Balaban J connectivity index is 2.34. The van der Waals surface area contributed by atoms with Gasteiger partial charge in [0.1, 0.15) is 5.82 Å². The first-order chi connectivity index (χ1) is 8.76. The van der Waals surface area contributed by atoms with Gasteiger partial charge in [0, 0.05) is 18.0 Å². The second kappa shape index (κ2) is 6.21. The maximum Gasteiger partial charge on any atom is 0.109 e. The fraction of sp³-hybridized carbons (Fsp3) is 0.500. The summed E-state index contributed by atoms with van der Waals surface area (Å²) in [6, 6.07) is 5.93. The lowest BCUT2D eigenvalue weighted by Gasteiger charge is -2.07. The van der Waals surface area contributed by atoms with Crippen LogP contribution in [0.4, 0.5) is 0 Å². The number of benzene rings is 1. The molecule has 0 fully saturated rings. The maximum absolute atomic E-state index is 6.02. The van der Waals surface area contributed by atoms with Crippen LogP contribution in [0, 0.1) is 0 Å². The lowest BCUT2D eigenvalue weighted by atomic mass is 10.2. The highest BCUT2D eigenvalue weighted by Gasteiger charge is 2.09. The molecular formula is C14H20ClN3. The van der Waals surface area contributed by atoms with E-state index >= 15 is 0 Å². The second-order valence-electron chi connectivity index (χ2n) is 4.56. The molecule has 3 nitrogen and oxygen atoms in total. The Morgan fingerprint density at radius 3 is 2.89 bits per heavy atom. The SMILES string of the molecule is CCCn1c(CCCCN)nc2cc(Cl)ccc21. The molecule has 0 saturated carbocycles. The normalized spacial score (nSPS) is 11.3. The maximum atomic E-state index is 6.02. The highest BCUT2D eigenvalue weighted by Crippen LogP contribution is 2.21. The number of unbranched alkanes of at least 4 members (excludes halogenated alkanes) is 1. The molecule has 18 heavy (non-hydrogen) atoms. The van der Waals surface area contributed by atoms with Crippen molar-refractivity contribution in [3.63, 3.8) is 0 Å². The molecule has 0 spiro atoms. The number of hydrogen-bond donors (Lipinski definition) is 1. The van der Waals surface area contributed by atoms with Crippen molar-refractivity contribution in [2.24, 2.45) is 5.73 Å². The van der Waals surface area contributed by atoms with Crippen LogP contribution in [0.1, 0.15) is 32.0 Å². The fourth-order valence-corrected chi connectivity index (χ4v) is 2.41. The van der Waals surface area contributed by atoms with E-state index in [1.807, 2.05) is 12.1 Å². The monoisotopic (exact) mass is 265 g/mol. The highest BCUT2D eigenvalue weighted by molar-refractivity contribution is 6.31. The van der Waals surface area contributed by atoms with Crippen LogP contribution in [0.15, 0.2) is 18.2 Å². The van der Waals surface area contributed by atoms with Crippen molar-refractivity contribution in [2.75, 3.05) is 6.54 Å². The van der Waals surface area contributed by atoms with Crippen LogP contribution in [-0.2, 0) is 13.0 Å². The van der Waals surface area contributed by atoms with Crippen molar-refractivity contribution in [3.05, 3.63) is 29.0 Å². The average Bonchev–Trinajstić information content (AvgIpc) is 2.68. The van der Waals surface area contributed by atoms with E-state index in [1.54, 1.807) is 0 Å². The van der Waals surface area contributed by atoms with Crippen LogP contribution in [0.5, 0.6) is 0 Å². The molecule has 0 radical (unpaired) electrons. The van der Waals surface area contributed by atoms with E-state index < -0.39 is 0 Å². The van der Waals surface area contributed by atoms with E-state index in [2.05, 4.69) is 17.6 Å². The molecule has 2 N–H and O–H groups in total. The molecule has 0 unspecified atom stereocenters. The van der Waals surface area contributed by atoms with E-state index in [4.69, 9.17) is 22.3 Å². The summed E-state index contributed by atoms with van der Waals surface area (Å²) in [5, 5.41) is 0.747. The van der Waals surface area contributed by atoms with E-state index in [-0.39, 0.29) is 0 Å². The number of nitrogens with two attached hydrogens (primary N) is 1. The molecule has 4 heteroatoms. The van der Waals surface area contributed by atoms with Gasteiger partial charge >= 0.3 is 0 Å². The zero-order chi connectivity index (χ0) is 13.0. The van der Waals surface area contributed by atoms with Crippen LogP contribution < -0.4 is 5.73 Å². The molecule has 0 aliphatic rings. The van der Waals surface area contributed by atoms with Gasteiger partial charge in [0.15, 0.2) is 0 Å². The Bertz CT molecular complexity index is 519. The van der Waals surface area contributed by atoms with Crippen molar-refractivity contribution in [2.45, 2.75) is 39.2 Å². The second-order valence-corrected chi connectivity index (χ2v) is 4.99. The quantitative estimate of drug-likeness (QED) is 0.814. The molecule has 1 heterocycles. The Morgan fingerprint density at radius 1 is 1.33 bits per heavy atom. The number of halogens is 1. The van der Waals surface area contributed by atoms with E-state index in [0.29, 0.717) is 0 Å². The minimum Gasteiger partial charge on any atom is -0.330 e. The molecule has 0 amide bonds. The molecule has 0 aliphatic heterocycles. The first kappa shape index (κ1) is 13.4. The van der Waals surface area contributed by atoms with Crippen LogP contribution in [0.2, 0.25) is 5.02 Å². The van der Waals surface area contributed by atoms with Gasteiger partial charge in [-0.3, -0.25) is 0 Å². The summed E-state index contributed by atoms with van der Waals surface area (Å²) in [5.41, 5.74) is 7.72. The molecule has 1 aromatic carbocycles. The van der Waals surface area contributed by atoms with Crippen molar-refractivity contribution >= 4 is 22.6 Å². The van der Waals surface area contributed by atoms with Crippen LogP contribution in [0.25, 0.3) is 11.0 Å². The third kappa shape index (κ3) is 2.85. The van der Waals surface area contributed by atoms with Crippen LogP contribution >= 0.6 is 11.6 Å². The molecule has 0 saturated heterocycles. The third-order valence-electron chi connectivity index (χ3n) is 3.09. The van der Waals surface area contributed by atoms with Gasteiger partial charge in [0.05, 0.1) is 11.0 Å². The Hall–Kier alpha value is -1.06. The summed E-state index contributed by atoms with van der Waals surface area (Å²) in [7, 11) is 0. The predicted molar refractivity (Wildman–Crippen MR) is 77.0 cm³/mol. The van der Waals surface area contributed by atoms with Crippen molar-refractivity contribution < 1.29 is 0 Å². The van der Waals surface area contributed by atoms with Crippen LogP contribution in [0.3, 0.4) is 0 Å². The number of aromatic nitrogens is 2. The lowest BCUT2D eigenvalue weighted by Crippen LogP contribution is -2.05. The predicted octanol–water partition coefficient (Wildman–Crippen LogP) is 3.38. The van der Waals surface area contributed by atoms with E-state index in [1.165, 1.54) is 5.52 Å². The molecule has 0 aliphatic carbocycles. The highest BCUT2D eigenvalue weighted by atomic mass is 35.5. The minimum atomic E-state index is 0.747. The van der Waals surface area contributed by atoms with Gasteiger partial charge in [0.25, 0.3) is 0 Å². The summed E-state index contributed by atoms with van der Waals surface area (Å²) in [6.07, 6.45) is 4.24. The fourth-order valence-electron chi connectivity index (χ4n) is 2.24. The van der Waals surface area contributed by atoms with Gasteiger partial charge in [-0.1, -0.05) is 18.5 Å². The van der Waals surface area contributed by atoms with Crippen molar-refractivity contribution in [1.82, 2.24) is 9.55 Å². The number of nitrogens with zero attached hydrogens (tertiary/aromatic N) is 2. The summed E-state index contributed by atoms with van der Waals surface area (Å²) in [6.45, 7) is 3.95. The van der Waals surface area contributed by atoms with Gasteiger partial charge in [-0.2, -0.15) is 0 Å². The number of hydrogen-bond acceptors (Lipinski definition) is 2. The van der Waals surface area contributed by atoms with Crippen LogP contribution in [-0.4, -0.2) is 16.1 Å². The van der Waals surface area contributed by atoms with Crippen molar-refractivity contribution in [3.8, 4) is 0 Å². The molecular weight excluding hydrogens is 246 g/mol. The van der Waals surface area contributed by atoms with Crippen molar-refractivity contribution in [1.29, 1.82) is 0 Å². The number of fused-ring (bicyclic) bond motifs is 1. The number of rotatable bonds is 6. The van der Waals surface area contributed by atoms with Gasteiger partial charge in [-0.05, 0) is 44.0 Å². The van der Waals surface area contributed by atoms with Gasteiger partial charge in [-0.15, -0.1) is 0 Å². The third-order valence-corrected chi connectivity index (χ3v) is 3.33. The number of aryl methyl sites for hydroxylation is 2. The van der Waals surface area contributed by atoms with Gasteiger partial charge in [-0.25, -0.2) is 4.98 Å². The summed E-state index contributed by atoms with van der Waals surface area (Å²) in [5.74, 6) is 1.16. The standard InChI is InChI=1S/C14H20ClN3/c1-2-9-18-13-7-6-11(15)10-12(13)17-14(18)5-3-4-8-16/h6-7,10H,2-5,8-9,16H2,1H3. The topological polar surface area (TPSA) is 43.8 Å². The minimum absolute atomic E-state index is 0.747.